The highest BCUT2D eigenvalue weighted by atomic mass is 16.6. The Labute approximate surface area is 119 Å². The number of fused-ring (bicyclic) bond motifs is 1. The first kappa shape index (κ1) is 15.7. The average Bonchev–Trinajstić information content (AvgIpc) is 2.77. The second-order valence-electron chi connectivity index (χ2n) is 5.81. The van der Waals surface area contributed by atoms with Gasteiger partial charge >= 0.3 is 5.97 Å². The van der Waals surface area contributed by atoms with Gasteiger partial charge in [-0.2, -0.15) is 0 Å². The van der Waals surface area contributed by atoms with Gasteiger partial charge in [-0.1, -0.05) is 13.8 Å². The van der Waals surface area contributed by atoms with E-state index in [2.05, 4.69) is 0 Å². The molecule has 0 aromatic heterocycles. The largest absolute Gasteiger partial charge is 0.456 e. The third kappa shape index (κ3) is 2.83. The van der Waals surface area contributed by atoms with Crippen LogP contribution in [-0.4, -0.2) is 69.7 Å². The molecule has 2 aliphatic heterocycles. The maximum absolute atomic E-state index is 12.0. The number of esters is 1. The summed E-state index contributed by atoms with van der Waals surface area (Å²) in [6, 6.07) is -0.446. The Morgan fingerprint density at radius 3 is 2.50 bits per heavy atom. The average molecular weight is 287 g/mol. The molecule has 2 saturated heterocycles. The van der Waals surface area contributed by atoms with Crippen LogP contribution >= 0.6 is 0 Å². The van der Waals surface area contributed by atoms with E-state index < -0.39 is 30.5 Å². The second kappa shape index (κ2) is 6.39. The molecule has 2 aliphatic rings. The number of hydrogen-bond donors (Lipinski definition) is 3. The molecule has 0 amide bonds. The molecule has 116 valence electrons. The van der Waals surface area contributed by atoms with Crippen LogP contribution < -0.4 is 0 Å². The predicted octanol–water partition coefficient (Wildman–Crippen LogP) is -0.495. The summed E-state index contributed by atoms with van der Waals surface area (Å²) in [5.41, 5.74) is 0. The Balaban J connectivity index is 2.05. The summed E-state index contributed by atoms with van der Waals surface area (Å²) in [7, 11) is 0. The fraction of sp³-hybridized carbons (Fsp3) is 0.929. The van der Waals surface area contributed by atoms with E-state index in [4.69, 9.17) is 4.74 Å². The number of piperidine rings is 1. The van der Waals surface area contributed by atoms with E-state index in [-0.39, 0.29) is 11.9 Å². The first-order valence-electron chi connectivity index (χ1n) is 7.48. The van der Waals surface area contributed by atoms with E-state index in [0.29, 0.717) is 32.4 Å². The third-order valence-corrected chi connectivity index (χ3v) is 4.59. The van der Waals surface area contributed by atoms with Gasteiger partial charge < -0.3 is 20.1 Å². The summed E-state index contributed by atoms with van der Waals surface area (Å²) < 4.78 is 5.34. The molecule has 0 radical (unpaired) electrons. The zero-order chi connectivity index (χ0) is 14.9. The second-order valence-corrected chi connectivity index (χ2v) is 5.81. The Morgan fingerprint density at radius 1 is 1.25 bits per heavy atom. The van der Waals surface area contributed by atoms with Gasteiger partial charge in [0.25, 0.3) is 0 Å². The molecular formula is C14H25NO5. The van der Waals surface area contributed by atoms with Crippen LogP contribution in [0, 0.1) is 5.92 Å². The zero-order valence-electron chi connectivity index (χ0n) is 12.1. The van der Waals surface area contributed by atoms with Crippen molar-refractivity contribution >= 4 is 5.97 Å². The van der Waals surface area contributed by atoms with Gasteiger partial charge in [-0.3, -0.25) is 9.69 Å². The standard InChI is InChI=1S/C14H25NO5/c1-3-8(4-2)14(19)20-13-10(17)7-15-6-5-9(16)11(15)12(13)18/h8-13,16-18H,3-7H2,1-2H3/t9-,10-,11+,12+,13+/m0/s1. The van der Waals surface area contributed by atoms with E-state index >= 15 is 0 Å². The minimum Gasteiger partial charge on any atom is -0.456 e. The lowest BCUT2D eigenvalue weighted by molar-refractivity contribution is -0.188. The maximum Gasteiger partial charge on any atom is 0.309 e. The normalized spacial score (nSPS) is 38.0. The lowest BCUT2D eigenvalue weighted by Gasteiger charge is -2.42. The van der Waals surface area contributed by atoms with Crippen molar-refractivity contribution in [3.05, 3.63) is 0 Å². The van der Waals surface area contributed by atoms with Gasteiger partial charge in [0.2, 0.25) is 0 Å². The van der Waals surface area contributed by atoms with Crippen molar-refractivity contribution in [2.45, 2.75) is 63.6 Å². The molecule has 0 spiro atoms. The molecule has 2 fully saturated rings. The lowest BCUT2D eigenvalue weighted by atomic mass is 9.92. The van der Waals surface area contributed by atoms with E-state index in [9.17, 15) is 20.1 Å². The molecule has 6 nitrogen and oxygen atoms in total. The predicted molar refractivity (Wildman–Crippen MR) is 72.0 cm³/mol. The number of aliphatic hydroxyl groups excluding tert-OH is 3. The number of carbonyl (C=O) groups excluding carboxylic acids is 1. The molecule has 2 heterocycles. The highest BCUT2D eigenvalue weighted by molar-refractivity contribution is 5.72. The summed E-state index contributed by atoms with van der Waals surface area (Å²) in [6.45, 7) is 4.78. The Hall–Kier alpha value is -0.690. The Kier molecular flexibility index (Phi) is 5.01. The summed E-state index contributed by atoms with van der Waals surface area (Å²) >= 11 is 0. The molecule has 0 aromatic carbocycles. The van der Waals surface area contributed by atoms with Crippen LogP contribution in [0.5, 0.6) is 0 Å². The number of aliphatic hydroxyl groups is 3. The summed E-state index contributed by atoms with van der Waals surface area (Å²) in [5.74, 6) is -0.583. The molecule has 0 saturated carbocycles. The van der Waals surface area contributed by atoms with Crippen molar-refractivity contribution in [3.8, 4) is 0 Å². The van der Waals surface area contributed by atoms with Crippen LogP contribution in [0.3, 0.4) is 0 Å². The molecule has 0 unspecified atom stereocenters. The van der Waals surface area contributed by atoms with Gasteiger partial charge in [0.15, 0.2) is 6.10 Å². The van der Waals surface area contributed by atoms with Crippen LogP contribution in [0.2, 0.25) is 0 Å². The SMILES string of the molecule is CCC(CC)C(=O)O[C@H]1[C@H](O)[C@H]2[C@@H](O)CCN2C[C@@H]1O. The number of rotatable bonds is 4. The smallest absolute Gasteiger partial charge is 0.309 e. The first-order valence-corrected chi connectivity index (χ1v) is 7.48. The minimum absolute atomic E-state index is 0.207. The van der Waals surface area contributed by atoms with Gasteiger partial charge in [0.05, 0.1) is 18.1 Å². The van der Waals surface area contributed by atoms with Crippen molar-refractivity contribution < 1.29 is 24.9 Å². The minimum atomic E-state index is -1.05. The molecule has 5 atom stereocenters. The monoisotopic (exact) mass is 287 g/mol. The lowest BCUT2D eigenvalue weighted by Crippen LogP contribution is -2.62. The van der Waals surface area contributed by atoms with Gasteiger partial charge in [-0.15, -0.1) is 0 Å². The Morgan fingerprint density at radius 2 is 1.90 bits per heavy atom. The van der Waals surface area contributed by atoms with Crippen molar-refractivity contribution in [3.63, 3.8) is 0 Å². The third-order valence-electron chi connectivity index (χ3n) is 4.59. The first-order chi connectivity index (χ1) is 9.49. The summed E-state index contributed by atoms with van der Waals surface area (Å²) in [5, 5.41) is 30.3. The van der Waals surface area contributed by atoms with E-state index in [1.165, 1.54) is 0 Å². The number of ether oxygens (including phenoxy) is 1. The molecule has 20 heavy (non-hydrogen) atoms. The van der Waals surface area contributed by atoms with Gasteiger partial charge in [-0.05, 0) is 19.3 Å². The highest BCUT2D eigenvalue weighted by Gasteiger charge is 2.50. The van der Waals surface area contributed by atoms with Crippen LogP contribution in [0.1, 0.15) is 33.1 Å². The quantitative estimate of drug-likeness (QED) is 0.604. The zero-order valence-corrected chi connectivity index (χ0v) is 12.1. The van der Waals surface area contributed by atoms with Gasteiger partial charge in [0.1, 0.15) is 12.2 Å². The van der Waals surface area contributed by atoms with Crippen LogP contribution in [0.4, 0.5) is 0 Å². The summed E-state index contributed by atoms with van der Waals surface area (Å²) in [4.78, 5) is 13.9. The molecule has 0 aromatic rings. The number of hydrogen-bond acceptors (Lipinski definition) is 6. The van der Waals surface area contributed by atoms with E-state index in [1.54, 1.807) is 0 Å². The molecular weight excluding hydrogens is 262 g/mol. The van der Waals surface area contributed by atoms with Crippen LogP contribution in [-0.2, 0) is 9.53 Å². The Bertz CT molecular complexity index is 346. The maximum atomic E-state index is 12.0. The molecule has 2 rings (SSSR count). The van der Waals surface area contributed by atoms with Gasteiger partial charge in [-0.25, -0.2) is 0 Å². The van der Waals surface area contributed by atoms with Crippen molar-refractivity contribution in [2.24, 2.45) is 5.92 Å². The summed E-state index contributed by atoms with van der Waals surface area (Å²) in [6.07, 6.45) is -1.62. The highest BCUT2D eigenvalue weighted by Crippen LogP contribution is 2.30. The fourth-order valence-electron chi connectivity index (χ4n) is 3.28. The number of nitrogens with zero attached hydrogens (tertiary/aromatic N) is 1. The fourth-order valence-corrected chi connectivity index (χ4v) is 3.28. The molecule has 3 N–H and O–H groups in total. The van der Waals surface area contributed by atoms with Crippen molar-refractivity contribution in [2.75, 3.05) is 13.1 Å². The molecule has 6 heteroatoms. The van der Waals surface area contributed by atoms with E-state index in [1.807, 2.05) is 18.7 Å². The van der Waals surface area contributed by atoms with Crippen LogP contribution in [0.15, 0.2) is 0 Å². The number of carbonyl (C=O) groups is 1. The topological polar surface area (TPSA) is 90.2 Å². The van der Waals surface area contributed by atoms with Gasteiger partial charge in [0, 0.05) is 13.1 Å². The van der Waals surface area contributed by atoms with Crippen molar-refractivity contribution in [1.82, 2.24) is 4.90 Å². The van der Waals surface area contributed by atoms with Crippen LogP contribution in [0.25, 0.3) is 0 Å². The molecule has 0 bridgehead atoms. The van der Waals surface area contributed by atoms with E-state index in [0.717, 1.165) is 0 Å². The van der Waals surface area contributed by atoms with Crippen molar-refractivity contribution in [1.29, 1.82) is 0 Å². The molecule has 0 aliphatic carbocycles.